The fraction of sp³-hybridized carbons (Fsp3) is 0.238. The molecular formula is C21H20F3NO3. The summed E-state index contributed by atoms with van der Waals surface area (Å²) in [6, 6.07) is 9.86. The summed E-state index contributed by atoms with van der Waals surface area (Å²) in [7, 11) is 0. The molecule has 148 valence electrons. The number of alkyl halides is 3. The lowest BCUT2D eigenvalue weighted by atomic mass is 10.1. The van der Waals surface area contributed by atoms with Crippen LogP contribution in [0.15, 0.2) is 48.5 Å². The lowest BCUT2D eigenvalue weighted by Gasteiger charge is -2.14. The van der Waals surface area contributed by atoms with E-state index in [0.717, 1.165) is 29.3 Å². The average Bonchev–Trinajstić information content (AvgIpc) is 2.61. The number of nitrogens with one attached hydrogen (secondary N) is 1. The van der Waals surface area contributed by atoms with Gasteiger partial charge in [-0.3, -0.25) is 4.79 Å². The molecule has 1 N–H and O–H groups in total. The van der Waals surface area contributed by atoms with Gasteiger partial charge < -0.3 is 10.1 Å². The minimum Gasteiger partial charge on any atom is -0.449 e. The van der Waals surface area contributed by atoms with Gasteiger partial charge in [0.25, 0.3) is 5.91 Å². The maximum Gasteiger partial charge on any atom is 0.416 e. The van der Waals surface area contributed by atoms with Crippen LogP contribution in [0.4, 0.5) is 18.9 Å². The predicted octanol–water partition coefficient (Wildman–Crippen LogP) is 4.91. The molecule has 0 aliphatic rings. The Kier molecular flexibility index (Phi) is 6.62. The third kappa shape index (κ3) is 5.97. The van der Waals surface area contributed by atoms with Gasteiger partial charge in [-0.2, -0.15) is 13.2 Å². The van der Waals surface area contributed by atoms with E-state index in [0.29, 0.717) is 11.3 Å². The zero-order valence-electron chi connectivity index (χ0n) is 15.6. The molecule has 0 fully saturated rings. The molecule has 0 aliphatic carbocycles. The number of anilines is 1. The Labute approximate surface area is 161 Å². The van der Waals surface area contributed by atoms with Gasteiger partial charge in [0.1, 0.15) is 0 Å². The van der Waals surface area contributed by atoms with Crippen LogP contribution in [0.2, 0.25) is 0 Å². The van der Waals surface area contributed by atoms with Gasteiger partial charge in [0, 0.05) is 11.8 Å². The number of halogens is 3. The summed E-state index contributed by atoms with van der Waals surface area (Å²) in [5.74, 6) is -1.26. The van der Waals surface area contributed by atoms with Gasteiger partial charge in [-0.25, -0.2) is 4.79 Å². The highest BCUT2D eigenvalue weighted by Crippen LogP contribution is 2.29. The summed E-state index contributed by atoms with van der Waals surface area (Å²) in [5, 5.41) is 2.69. The Morgan fingerprint density at radius 3 is 2.29 bits per heavy atom. The van der Waals surface area contributed by atoms with Crippen LogP contribution >= 0.6 is 0 Å². The first kappa shape index (κ1) is 21.2. The molecule has 0 heterocycles. The summed E-state index contributed by atoms with van der Waals surface area (Å²) in [6.45, 7) is 5.22. The minimum absolute atomic E-state index is 0.400. The fourth-order valence-electron chi connectivity index (χ4n) is 2.40. The van der Waals surface area contributed by atoms with Crippen LogP contribution in [0.25, 0.3) is 6.08 Å². The summed E-state index contributed by atoms with van der Waals surface area (Å²) >= 11 is 0. The zero-order chi connectivity index (χ0) is 20.9. The quantitative estimate of drug-likeness (QED) is 0.582. The molecule has 0 radical (unpaired) electrons. The number of rotatable bonds is 5. The van der Waals surface area contributed by atoms with Crippen molar-refractivity contribution in [2.24, 2.45) is 0 Å². The normalized spacial score (nSPS) is 12.6. The number of amides is 1. The molecule has 2 aromatic carbocycles. The predicted molar refractivity (Wildman–Crippen MR) is 101 cm³/mol. The Bertz CT molecular complexity index is 887. The van der Waals surface area contributed by atoms with Crippen molar-refractivity contribution in [1.29, 1.82) is 0 Å². The molecule has 4 nitrogen and oxygen atoms in total. The van der Waals surface area contributed by atoms with E-state index in [1.54, 1.807) is 6.07 Å². The van der Waals surface area contributed by atoms with Gasteiger partial charge in [0.15, 0.2) is 6.10 Å². The maximum atomic E-state index is 12.5. The van der Waals surface area contributed by atoms with Crippen LogP contribution < -0.4 is 5.32 Å². The standard InChI is InChI=1S/C21H20F3NO3/c1-13-4-10-18(14(2)12-13)25-20(27)15(3)28-19(26)11-7-16-5-8-17(9-6-16)21(22,23)24/h4-12,15H,1-3H3,(H,25,27)/b11-7+/t15-/m0/s1. The average molecular weight is 391 g/mol. The van der Waals surface area contributed by atoms with Gasteiger partial charge in [0.05, 0.1) is 5.56 Å². The van der Waals surface area contributed by atoms with Gasteiger partial charge in [-0.15, -0.1) is 0 Å². The number of benzene rings is 2. The van der Waals surface area contributed by atoms with Crippen LogP contribution in [-0.4, -0.2) is 18.0 Å². The van der Waals surface area contributed by atoms with Crippen LogP contribution in [0.1, 0.15) is 29.2 Å². The van der Waals surface area contributed by atoms with E-state index >= 15 is 0 Å². The summed E-state index contributed by atoms with van der Waals surface area (Å²) in [5.41, 5.74) is 2.19. The van der Waals surface area contributed by atoms with Crippen LogP contribution in [0, 0.1) is 13.8 Å². The van der Waals surface area contributed by atoms with Crippen molar-refractivity contribution in [3.05, 3.63) is 70.8 Å². The summed E-state index contributed by atoms with van der Waals surface area (Å²) in [6.07, 6.45) is -3.08. The third-order valence-electron chi connectivity index (χ3n) is 3.95. The van der Waals surface area contributed by atoms with E-state index in [9.17, 15) is 22.8 Å². The molecule has 1 amide bonds. The Morgan fingerprint density at radius 1 is 1.07 bits per heavy atom. The van der Waals surface area contributed by atoms with E-state index in [1.165, 1.54) is 25.1 Å². The second kappa shape index (κ2) is 8.73. The molecule has 0 saturated heterocycles. The molecule has 0 spiro atoms. The topological polar surface area (TPSA) is 55.4 Å². The lowest BCUT2D eigenvalue weighted by molar-refractivity contribution is -0.148. The third-order valence-corrected chi connectivity index (χ3v) is 3.95. The van der Waals surface area contributed by atoms with Gasteiger partial charge >= 0.3 is 12.1 Å². The number of ether oxygens (including phenoxy) is 1. The molecule has 2 aromatic rings. The first-order chi connectivity index (χ1) is 13.1. The number of aryl methyl sites for hydroxylation is 2. The van der Waals surface area contributed by atoms with Crippen molar-refractivity contribution in [2.75, 3.05) is 5.32 Å². The lowest BCUT2D eigenvalue weighted by Crippen LogP contribution is -2.29. The van der Waals surface area contributed by atoms with E-state index in [1.807, 2.05) is 26.0 Å². The molecule has 0 aromatic heterocycles. The molecule has 0 aliphatic heterocycles. The highest BCUT2D eigenvalue weighted by atomic mass is 19.4. The van der Waals surface area contributed by atoms with E-state index in [-0.39, 0.29) is 0 Å². The largest absolute Gasteiger partial charge is 0.449 e. The Morgan fingerprint density at radius 2 is 1.71 bits per heavy atom. The molecule has 0 unspecified atom stereocenters. The molecule has 1 atom stereocenters. The highest BCUT2D eigenvalue weighted by Gasteiger charge is 2.29. The SMILES string of the molecule is Cc1ccc(NC(=O)[C@H](C)OC(=O)/C=C/c2ccc(C(F)(F)F)cc2)c(C)c1. The molecular weight excluding hydrogens is 371 g/mol. The highest BCUT2D eigenvalue weighted by molar-refractivity contribution is 5.97. The number of hydrogen-bond donors (Lipinski definition) is 1. The van der Waals surface area contributed by atoms with Crippen LogP contribution in [-0.2, 0) is 20.5 Å². The zero-order valence-corrected chi connectivity index (χ0v) is 15.6. The van der Waals surface area contributed by atoms with E-state index < -0.39 is 29.7 Å². The maximum absolute atomic E-state index is 12.5. The fourth-order valence-corrected chi connectivity index (χ4v) is 2.40. The van der Waals surface area contributed by atoms with Gasteiger partial charge in [-0.1, -0.05) is 29.8 Å². The first-order valence-corrected chi connectivity index (χ1v) is 8.50. The molecule has 7 heteroatoms. The summed E-state index contributed by atoms with van der Waals surface area (Å²) in [4.78, 5) is 24.0. The van der Waals surface area contributed by atoms with Gasteiger partial charge in [-0.05, 0) is 56.2 Å². The van der Waals surface area contributed by atoms with E-state index in [2.05, 4.69) is 5.32 Å². The number of carbonyl (C=O) groups excluding carboxylic acids is 2. The number of carbonyl (C=O) groups is 2. The Hall–Kier alpha value is -3.09. The van der Waals surface area contributed by atoms with E-state index in [4.69, 9.17) is 4.74 Å². The van der Waals surface area contributed by atoms with Crippen LogP contribution in [0.5, 0.6) is 0 Å². The molecule has 0 bridgehead atoms. The number of esters is 1. The second-order valence-corrected chi connectivity index (χ2v) is 6.34. The summed E-state index contributed by atoms with van der Waals surface area (Å²) < 4.78 is 42.6. The minimum atomic E-state index is -4.42. The van der Waals surface area contributed by atoms with Crippen molar-refractivity contribution in [3.63, 3.8) is 0 Å². The smallest absolute Gasteiger partial charge is 0.416 e. The number of hydrogen-bond acceptors (Lipinski definition) is 3. The van der Waals surface area contributed by atoms with Crippen molar-refractivity contribution in [1.82, 2.24) is 0 Å². The molecule has 2 rings (SSSR count). The van der Waals surface area contributed by atoms with Crippen LogP contribution in [0.3, 0.4) is 0 Å². The van der Waals surface area contributed by atoms with Crippen molar-refractivity contribution >= 4 is 23.6 Å². The monoisotopic (exact) mass is 391 g/mol. The molecule has 0 saturated carbocycles. The van der Waals surface area contributed by atoms with Crippen molar-refractivity contribution in [3.8, 4) is 0 Å². The van der Waals surface area contributed by atoms with Crippen molar-refractivity contribution in [2.45, 2.75) is 33.1 Å². The first-order valence-electron chi connectivity index (χ1n) is 8.50. The Balaban J connectivity index is 1.92. The molecule has 28 heavy (non-hydrogen) atoms. The second-order valence-electron chi connectivity index (χ2n) is 6.34. The van der Waals surface area contributed by atoms with Crippen molar-refractivity contribution < 1.29 is 27.5 Å². The van der Waals surface area contributed by atoms with Gasteiger partial charge in [0.2, 0.25) is 0 Å².